The first-order chi connectivity index (χ1) is 12.9. The van der Waals surface area contributed by atoms with Gasteiger partial charge in [-0.3, -0.25) is 0 Å². The van der Waals surface area contributed by atoms with Gasteiger partial charge in [0.05, 0.1) is 25.7 Å². The second-order valence-electron chi connectivity index (χ2n) is 9.05. The van der Waals surface area contributed by atoms with Crippen molar-refractivity contribution in [3.8, 4) is 0 Å². The van der Waals surface area contributed by atoms with Crippen molar-refractivity contribution in [1.82, 2.24) is 0 Å². The highest BCUT2D eigenvalue weighted by Gasteiger charge is 2.42. The summed E-state index contributed by atoms with van der Waals surface area (Å²) in [5.41, 5.74) is 6.21. The standard InChI is InChI=1S/C24H37BO2/c1-15-12-21(26-6)13-16(2)23(15)25(20-10-8-9-11-20)24-17(3)14-22(27-7)18(4)19(24)5/h12,14,16,18-20H,8-11,13H2,1-7H3. The fourth-order valence-electron chi connectivity index (χ4n) is 5.92. The van der Waals surface area contributed by atoms with Gasteiger partial charge in [0.25, 0.3) is 0 Å². The second kappa shape index (κ2) is 8.33. The van der Waals surface area contributed by atoms with E-state index in [1.807, 2.05) is 7.11 Å². The largest absolute Gasteiger partial charge is 0.501 e. The van der Waals surface area contributed by atoms with Gasteiger partial charge in [-0.1, -0.05) is 74.4 Å². The van der Waals surface area contributed by atoms with Crippen LogP contribution in [0.25, 0.3) is 0 Å². The number of ether oxygens (including phenoxy) is 2. The summed E-state index contributed by atoms with van der Waals surface area (Å²) in [5, 5.41) is 0. The molecule has 0 N–H and O–H groups in total. The minimum absolute atomic E-state index is 0.447. The van der Waals surface area contributed by atoms with Crippen LogP contribution < -0.4 is 0 Å². The van der Waals surface area contributed by atoms with Crippen LogP contribution in [0.1, 0.15) is 66.7 Å². The van der Waals surface area contributed by atoms with E-state index in [9.17, 15) is 0 Å². The highest BCUT2D eigenvalue weighted by atomic mass is 16.5. The molecule has 3 heteroatoms. The lowest BCUT2D eigenvalue weighted by atomic mass is 9.27. The Labute approximate surface area is 166 Å². The van der Waals surface area contributed by atoms with E-state index >= 15 is 0 Å². The van der Waals surface area contributed by atoms with Gasteiger partial charge >= 0.3 is 0 Å². The van der Waals surface area contributed by atoms with Crippen molar-refractivity contribution in [2.45, 2.75) is 72.5 Å². The molecule has 1 fully saturated rings. The van der Waals surface area contributed by atoms with Crippen LogP contribution >= 0.6 is 0 Å². The van der Waals surface area contributed by atoms with E-state index in [4.69, 9.17) is 9.47 Å². The van der Waals surface area contributed by atoms with Gasteiger partial charge in [0, 0.05) is 12.3 Å². The van der Waals surface area contributed by atoms with Gasteiger partial charge < -0.3 is 9.47 Å². The first-order valence-corrected chi connectivity index (χ1v) is 10.8. The Balaban J connectivity index is 2.13. The Kier molecular flexibility index (Phi) is 6.28. The molecule has 1 saturated carbocycles. The van der Waals surface area contributed by atoms with E-state index in [1.165, 1.54) is 36.8 Å². The van der Waals surface area contributed by atoms with Crippen molar-refractivity contribution >= 4 is 6.71 Å². The average molecular weight is 368 g/mol. The van der Waals surface area contributed by atoms with Crippen molar-refractivity contribution in [2.75, 3.05) is 14.2 Å². The van der Waals surface area contributed by atoms with Crippen molar-refractivity contribution in [3.05, 3.63) is 45.8 Å². The number of allylic oxidation sites excluding steroid dienone is 8. The molecule has 0 aromatic heterocycles. The van der Waals surface area contributed by atoms with E-state index in [0.717, 1.165) is 23.8 Å². The Bertz CT molecular complexity index is 691. The molecule has 0 aromatic carbocycles. The summed E-state index contributed by atoms with van der Waals surface area (Å²) >= 11 is 0. The topological polar surface area (TPSA) is 18.5 Å². The molecule has 2 nitrogen and oxygen atoms in total. The Morgan fingerprint density at radius 1 is 0.852 bits per heavy atom. The highest BCUT2D eigenvalue weighted by molar-refractivity contribution is 6.76. The molecule has 3 atom stereocenters. The smallest absolute Gasteiger partial charge is 0.203 e. The quantitative estimate of drug-likeness (QED) is 0.514. The normalized spacial score (nSPS) is 29.7. The fourth-order valence-corrected chi connectivity index (χ4v) is 5.92. The van der Waals surface area contributed by atoms with Gasteiger partial charge in [0.2, 0.25) is 6.71 Å². The molecule has 3 aliphatic carbocycles. The van der Waals surface area contributed by atoms with Crippen LogP contribution in [-0.4, -0.2) is 20.9 Å². The Morgan fingerprint density at radius 2 is 1.48 bits per heavy atom. The fraction of sp³-hybridized carbons (Fsp3) is 0.667. The summed E-state index contributed by atoms with van der Waals surface area (Å²) in [6, 6.07) is 0. The lowest BCUT2D eigenvalue weighted by Crippen LogP contribution is -2.37. The third-order valence-corrected chi connectivity index (χ3v) is 7.41. The van der Waals surface area contributed by atoms with Crippen LogP contribution in [0.3, 0.4) is 0 Å². The summed E-state index contributed by atoms with van der Waals surface area (Å²) in [4.78, 5) is 0. The first kappa shape index (κ1) is 20.4. The molecule has 0 bridgehead atoms. The zero-order valence-electron chi connectivity index (χ0n) is 18.4. The lowest BCUT2D eigenvalue weighted by molar-refractivity contribution is 0.225. The summed E-state index contributed by atoms with van der Waals surface area (Å²) in [6.07, 6.45) is 11.1. The number of hydrogen-bond acceptors (Lipinski definition) is 2. The number of rotatable bonds is 5. The maximum absolute atomic E-state index is 5.70. The van der Waals surface area contributed by atoms with Crippen LogP contribution in [0.2, 0.25) is 5.82 Å². The van der Waals surface area contributed by atoms with Crippen LogP contribution in [0, 0.1) is 17.8 Å². The predicted molar refractivity (Wildman–Crippen MR) is 116 cm³/mol. The molecule has 3 aliphatic rings. The van der Waals surface area contributed by atoms with Gasteiger partial charge in [0.1, 0.15) is 0 Å². The molecule has 3 rings (SSSR count). The molecule has 0 amide bonds. The SMILES string of the molecule is COC1=CC(C)=C(B(C2=C(C)C=C(OC)C(C)C2C)C2CCCC2)C(C)C1. The Morgan fingerprint density at radius 3 is 2.04 bits per heavy atom. The molecule has 0 aromatic rings. The second-order valence-corrected chi connectivity index (χ2v) is 9.05. The van der Waals surface area contributed by atoms with E-state index in [0.29, 0.717) is 24.5 Å². The van der Waals surface area contributed by atoms with Gasteiger partial charge in [-0.15, -0.1) is 0 Å². The van der Waals surface area contributed by atoms with Crippen LogP contribution in [-0.2, 0) is 9.47 Å². The monoisotopic (exact) mass is 368 g/mol. The van der Waals surface area contributed by atoms with Crippen molar-refractivity contribution in [1.29, 1.82) is 0 Å². The highest BCUT2D eigenvalue weighted by Crippen LogP contribution is 2.48. The average Bonchev–Trinajstić information content (AvgIpc) is 3.16. The maximum atomic E-state index is 5.70. The van der Waals surface area contributed by atoms with Gasteiger partial charge in [-0.25, -0.2) is 0 Å². The molecule has 0 saturated heterocycles. The molecular weight excluding hydrogens is 331 g/mol. The minimum Gasteiger partial charge on any atom is -0.501 e. The molecule has 0 radical (unpaired) electrons. The van der Waals surface area contributed by atoms with Crippen LogP contribution in [0.5, 0.6) is 0 Å². The first-order valence-electron chi connectivity index (χ1n) is 10.8. The number of methoxy groups -OCH3 is 2. The molecule has 0 heterocycles. The molecule has 27 heavy (non-hydrogen) atoms. The molecule has 0 aliphatic heterocycles. The zero-order valence-corrected chi connectivity index (χ0v) is 18.4. The van der Waals surface area contributed by atoms with Gasteiger partial charge in [-0.2, -0.15) is 0 Å². The molecule has 148 valence electrons. The predicted octanol–water partition coefficient (Wildman–Crippen LogP) is 6.52. The molecule has 0 spiro atoms. The zero-order chi connectivity index (χ0) is 19.7. The molecular formula is C24H37BO2. The third kappa shape index (κ3) is 3.80. The van der Waals surface area contributed by atoms with Crippen molar-refractivity contribution < 1.29 is 9.47 Å². The molecule has 3 unspecified atom stereocenters. The van der Waals surface area contributed by atoms with Crippen molar-refractivity contribution in [2.24, 2.45) is 17.8 Å². The summed E-state index contributed by atoms with van der Waals surface area (Å²) < 4.78 is 11.3. The maximum Gasteiger partial charge on any atom is 0.203 e. The van der Waals surface area contributed by atoms with E-state index < -0.39 is 0 Å². The summed E-state index contributed by atoms with van der Waals surface area (Å²) in [6.45, 7) is 12.3. The third-order valence-electron chi connectivity index (χ3n) is 7.41. The van der Waals surface area contributed by atoms with E-state index in [1.54, 1.807) is 18.1 Å². The van der Waals surface area contributed by atoms with E-state index in [-0.39, 0.29) is 0 Å². The van der Waals surface area contributed by atoms with Gasteiger partial charge in [0.15, 0.2) is 0 Å². The van der Waals surface area contributed by atoms with Crippen LogP contribution in [0.15, 0.2) is 45.8 Å². The number of hydrogen-bond donors (Lipinski definition) is 0. The lowest BCUT2D eigenvalue weighted by Gasteiger charge is -2.39. The van der Waals surface area contributed by atoms with Gasteiger partial charge in [-0.05, 0) is 37.8 Å². The van der Waals surface area contributed by atoms with Crippen LogP contribution in [0.4, 0.5) is 0 Å². The van der Waals surface area contributed by atoms with Crippen molar-refractivity contribution in [3.63, 3.8) is 0 Å². The van der Waals surface area contributed by atoms with E-state index in [2.05, 4.69) is 46.8 Å². The minimum atomic E-state index is 0.447. The Hall–Kier alpha value is -1.38. The summed E-state index contributed by atoms with van der Waals surface area (Å²) in [7, 11) is 3.62. The summed E-state index contributed by atoms with van der Waals surface area (Å²) in [5.74, 6) is 4.57.